The molecule has 0 saturated carbocycles. The fraction of sp³-hybridized carbons (Fsp3) is 0.738. The highest BCUT2D eigenvalue weighted by atomic mass is 16.7. The molecule has 1 heterocycles. The molecule has 3 N–H and O–H groups in total. The number of aliphatic hydroxyl groups excluding tert-OH is 2. The summed E-state index contributed by atoms with van der Waals surface area (Å²) >= 11 is 0. The number of aliphatic hydroxyl groups is 2. The molecule has 12 heteroatoms. The van der Waals surface area contributed by atoms with E-state index in [1.54, 1.807) is 0 Å². The third-order valence-electron chi connectivity index (χ3n) is 12.7. The molecule has 0 aromatic carbocycles. The molecule has 6 unspecified atom stereocenters. The summed E-state index contributed by atoms with van der Waals surface area (Å²) in [4.78, 5) is 51.0. The average molecular weight is 1030 g/mol. The van der Waals surface area contributed by atoms with Crippen molar-refractivity contribution in [3.8, 4) is 0 Å². The van der Waals surface area contributed by atoms with E-state index in [1.807, 2.05) is 0 Å². The summed E-state index contributed by atoms with van der Waals surface area (Å²) in [6.07, 6.45) is 48.8. The van der Waals surface area contributed by atoms with E-state index >= 15 is 0 Å². The Morgan fingerprint density at radius 2 is 0.877 bits per heavy atom. The van der Waals surface area contributed by atoms with Gasteiger partial charge in [0.05, 0.1) is 6.61 Å². The van der Waals surface area contributed by atoms with Crippen LogP contribution in [0.3, 0.4) is 0 Å². The summed E-state index contributed by atoms with van der Waals surface area (Å²) < 4.78 is 28.4. The van der Waals surface area contributed by atoms with Gasteiger partial charge in [-0.3, -0.25) is 14.4 Å². The standard InChI is InChI=1S/C61H102O12/c1-4-7-10-13-16-19-22-24-26-27-29-30-33-35-38-41-44-47-53(62)69-50-52(71-54(63)48-45-42-39-37-34-31-28-25-23-20-17-14-11-8-5-2)51-70-61-59(57(66)56(65)58(73-61)60(67)68)72-55(64)49-46-43-40-36-32-21-18-15-12-9-6-3/h8,11,15-20,24-26,28,52,56-59,61,65-66H,4-7,9-10,12-14,21-23,27,29-51H2,1-3H3,(H,67,68)/b11-8-,18-15-,19-16-,20-17-,26-24-,28-25-. The normalized spacial score (nSPS) is 18.8. The predicted molar refractivity (Wildman–Crippen MR) is 294 cm³/mol. The van der Waals surface area contributed by atoms with Crippen LogP contribution in [0.1, 0.15) is 239 Å². The first-order valence-corrected chi connectivity index (χ1v) is 28.9. The van der Waals surface area contributed by atoms with E-state index in [2.05, 4.69) is 93.7 Å². The molecule has 1 rings (SSSR count). The quantitative estimate of drug-likeness (QED) is 0.0228. The maximum Gasteiger partial charge on any atom is 0.335 e. The first-order chi connectivity index (χ1) is 35.6. The monoisotopic (exact) mass is 1030 g/mol. The van der Waals surface area contributed by atoms with Crippen molar-refractivity contribution in [2.75, 3.05) is 13.2 Å². The second-order valence-corrected chi connectivity index (χ2v) is 19.5. The Labute approximate surface area is 442 Å². The van der Waals surface area contributed by atoms with Crippen molar-refractivity contribution < 1.29 is 58.2 Å². The van der Waals surface area contributed by atoms with Crippen molar-refractivity contribution in [3.05, 3.63) is 72.9 Å². The van der Waals surface area contributed by atoms with Gasteiger partial charge in [0.15, 0.2) is 24.6 Å². The molecule has 1 aliphatic heterocycles. The molecule has 12 nitrogen and oxygen atoms in total. The number of allylic oxidation sites excluding steroid dienone is 12. The second-order valence-electron chi connectivity index (χ2n) is 19.5. The number of carboxylic acid groups (broad SMARTS) is 1. The van der Waals surface area contributed by atoms with Crippen LogP contribution in [-0.2, 0) is 42.9 Å². The van der Waals surface area contributed by atoms with E-state index in [1.165, 1.54) is 51.4 Å². The van der Waals surface area contributed by atoms with Crippen LogP contribution in [0.2, 0.25) is 0 Å². The summed E-state index contributed by atoms with van der Waals surface area (Å²) in [5.74, 6) is -3.16. The summed E-state index contributed by atoms with van der Waals surface area (Å²) in [6, 6.07) is 0. The smallest absolute Gasteiger partial charge is 0.335 e. The fourth-order valence-electron chi connectivity index (χ4n) is 8.27. The van der Waals surface area contributed by atoms with Gasteiger partial charge in [-0.2, -0.15) is 0 Å². The maximum absolute atomic E-state index is 13.1. The number of esters is 3. The van der Waals surface area contributed by atoms with Crippen molar-refractivity contribution in [1.82, 2.24) is 0 Å². The van der Waals surface area contributed by atoms with Crippen molar-refractivity contribution in [2.24, 2.45) is 0 Å². The van der Waals surface area contributed by atoms with Gasteiger partial charge in [-0.1, -0.05) is 190 Å². The topological polar surface area (TPSA) is 175 Å². The Kier molecular flexibility index (Phi) is 45.1. The molecular formula is C61H102O12. The minimum atomic E-state index is -1.91. The highest BCUT2D eigenvalue weighted by molar-refractivity contribution is 5.74. The van der Waals surface area contributed by atoms with Crippen LogP contribution in [0, 0.1) is 0 Å². The minimum absolute atomic E-state index is 0.0452. The molecule has 0 amide bonds. The summed E-state index contributed by atoms with van der Waals surface area (Å²) in [5, 5.41) is 31.4. The van der Waals surface area contributed by atoms with E-state index in [-0.39, 0.29) is 25.9 Å². The van der Waals surface area contributed by atoms with Crippen molar-refractivity contribution in [1.29, 1.82) is 0 Å². The third kappa shape index (κ3) is 39.3. The SMILES string of the molecule is CC/C=C\C/C=C\C/C=C\CCCCCCCC(=O)OC(COC(=O)CCCCCCCCC/C=C\C/C=C\CCCCC)COC1OC(C(=O)O)C(O)C(O)C1OC(=O)CCCCCCC/C=C\CCCC. The molecule has 0 aromatic heterocycles. The number of hydrogen-bond donors (Lipinski definition) is 3. The van der Waals surface area contributed by atoms with Crippen LogP contribution in [0.15, 0.2) is 72.9 Å². The van der Waals surface area contributed by atoms with Gasteiger partial charge >= 0.3 is 23.9 Å². The molecule has 1 saturated heterocycles. The molecule has 0 radical (unpaired) electrons. The molecule has 73 heavy (non-hydrogen) atoms. The zero-order chi connectivity index (χ0) is 53.3. The lowest BCUT2D eigenvalue weighted by Gasteiger charge is -2.40. The number of hydrogen-bond acceptors (Lipinski definition) is 11. The highest BCUT2D eigenvalue weighted by Crippen LogP contribution is 2.26. The van der Waals surface area contributed by atoms with E-state index in [0.717, 1.165) is 128 Å². The molecule has 0 aromatic rings. The van der Waals surface area contributed by atoms with Gasteiger partial charge < -0.3 is 39.0 Å². The van der Waals surface area contributed by atoms with Gasteiger partial charge in [0.1, 0.15) is 18.8 Å². The third-order valence-corrected chi connectivity index (χ3v) is 12.7. The number of carboxylic acids is 1. The predicted octanol–water partition coefficient (Wildman–Crippen LogP) is 14.6. The largest absolute Gasteiger partial charge is 0.479 e. The number of aliphatic carboxylic acids is 1. The van der Waals surface area contributed by atoms with Crippen LogP contribution >= 0.6 is 0 Å². The Balaban J connectivity index is 2.71. The first kappa shape index (κ1) is 67.2. The van der Waals surface area contributed by atoms with Gasteiger partial charge in [0, 0.05) is 19.3 Å². The number of unbranched alkanes of at least 4 members (excludes halogenated alkanes) is 22. The summed E-state index contributed by atoms with van der Waals surface area (Å²) in [5.41, 5.74) is 0. The Bertz CT molecular complexity index is 1550. The van der Waals surface area contributed by atoms with Crippen molar-refractivity contribution >= 4 is 23.9 Å². The first-order valence-electron chi connectivity index (χ1n) is 28.9. The van der Waals surface area contributed by atoms with E-state index < -0.39 is 67.3 Å². The molecule has 418 valence electrons. The van der Waals surface area contributed by atoms with Crippen LogP contribution in [0.5, 0.6) is 0 Å². The second kappa shape index (κ2) is 49.1. The Morgan fingerprint density at radius 1 is 0.466 bits per heavy atom. The van der Waals surface area contributed by atoms with E-state index in [4.69, 9.17) is 23.7 Å². The molecule has 1 aliphatic rings. The molecule has 6 atom stereocenters. The molecular weight excluding hydrogens is 925 g/mol. The zero-order valence-electron chi connectivity index (χ0n) is 45.9. The minimum Gasteiger partial charge on any atom is -0.479 e. The van der Waals surface area contributed by atoms with Crippen molar-refractivity contribution in [3.63, 3.8) is 0 Å². The molecule has 0 aliphatic carbocycles. The lowest BCUT2D eigenvalue weighted by Crippen LogP contribution is -2.61. The Hall–Kier alpha value is -3.84. The number of ether oxygens (including phenoxy) is 5. The molecule has 0 bridgehead atoms. The van der Waals surface area contributed by atoms with Crippen molar-refractivity contribution in [2.45, 2.75) is 276 Å². The van der Waals surface area contributed by atoms with E-state index in [0.29, 0.717) is 19.3 Å². The van der Waals surface area contributed by atoms with Gasteiger partial charge in [-0.25, -0.2) is 4.79 Å². The Morgan fingerprint density at radius 3 is 1.37 bits per heavy atom. The number of carbonyl (C=O) groups excluding carboxylic acids is 3. The van der Waals surface area contributed by atoms with Gasteiger partial charge in [0.25, 0.3) is 0 Å². The molecule has 0 spiro atoms. The zero-order valence-corrected chi connectivity index (χ0v) is 45.9. The van der Waals surface area contributed by atoms with Crippen LogP contribution in [0.25, 0.3) is 0 Å². The lowest BCUT2D eigenvalue weighted by molar-refractivity contribution is -0.301. The van der Waals surface area contributed by atoms with Gasteiger partial charge in [0.2, 0.25) is 0 Å². The highest BCUT2D eigenvalue weighted by Gasteiger charge is 2.50. The summed E-state index contributed by atoms with van der Waals surface area (Å²) in [7, 11) is 0. The lowest BCUT2D eigenvalue weighted by atomic mass is 9.98. The van der Waals surface area contributed by atoms with E-state index in [9.17, 15) is 34.5 Å². The van der Waals surface area contributed by atoms with Gasteiger partial charge in [-0.15, -0.1) is 0 Å². The van der Waals surface area contributed by atoms with Crippen LogP contribution in [-0.4, -0.2) is 89.2 Å². The van der Waals surface area contributed by atoms with Gasteiger partial charge in [-0.05, 0) is 103 Å². The summed E-state index contributed by atoms with van der Waals surface area (Å²) in [6.45, 7) is 5.78. The average Bonchev–Trinajstić information content (AvgIpc) is 3.37. The number of rotatable bonds is 48. The fourth-order valence-corrected chi connectivity index (χ4v) is 8.27. The molecule has 1 fully saturated rings. The van der Waals surface area contributed by atoms with Crippen LogP contribution in [0.4, 0.5) is 0 Å². The van der Waals surface area contributed by atoms with Crippen LogP contribution < -0.4 is 0 Å². The maximum atomic E-state index is 13.1. The number of carbonyl (C=O) groups is 4.